The van der Waals surface area contributed by atoms with Crippen LogP contribution in [0.3, 0.4) is 0 Å². The number of nitrogens with one attached hydrogen (secondary N) is 1. The van der Waals surface area contributed by atoms with E-state index in [9.17, 15) is 9.00 Å². The summed E-state index contributed by atoms with van der Waals surface area (Å²) in [5.41, 5.74) is 0.729. The number of amides is 2. The summed E-state index contributed by atoms with van der Waals surface area (Å²) in [6, 6.07) is 7.70. The van der Waals surface area contributed by atoms with Crippen molar-refractivity contribution in [2.45, 2.75) is 43.0 Å². The van der Waals surface area contributed by atoms with Gasteiger partial charge in [-0.05, 0) is 43.4 Å². The Labute approximate surface area is 128 Å². The predicted octanol–water partition coefficient (Wildman–Crippen LogP) is 3.22. The Bertz CT molecular complexity index is 561. The first-order valence-electron chi connectivity index (χ1n) is 7.66. The van der Waals surface area contributed by atoms with Crippen molar-refractivity contribution in [2.75, 3.05) is 18.1 Å². The molecule has 1 N–H and O–H groups in total. The van der Waals surface area contributed by atoms with Crippen LogP contribution in [0.15, 0.2) is 29.2 Å². The van der Waals surface area contributed by atoms with Gasteiger partial charge in [-0.3, -0.25) is 4.21 Å². The van der Waals surface area contributed by atoms with E-state index in [-0.39, 0.29) is 6.03 Å². The van der Waals surface area contributed by atoms with E-state index < -0.39 is 10.8 Å². The van der Waals surface area contributed by atoms with E-state index in [4.69, 9.17) is 0 Å². The van der Waals surface area contributed by atoms with Gasteiger partial charge < -0.3 is 10.2 Å². The molecule has 4 nitrogen and oxygen atoms in total. The first-order valence-corrected chi connectivity index (χ1v) is 9.22. The van der Waals surface area contributed by atoms with Gasteiger partial charge in [0, 0.05) is 40.2 Å². The Balaban J connectivity index is 1.69. The monoisotopic (exact) mass is 306 g/mol. The van der Waals surface area contributed by atoms with Gasteiger partial charge in [0.1, 0.15) is 0 Å². The van der Waals surface area contributed by atoms with Crippen LogP contribution in [0.4, 0.5) is 10.5 Å². The number of carbonyl (C=O) groups is 1. The lowest BCUT2D eigenvalue weighted by Gasteiger charge is -2.31. The zero-order valence-corrected chi connectivity index (χ0v) is 13.2. The summed E-state index contributed by atoms with van der Waals surface area (Å²) >= 11 is 0. The number of carbonyl (C=O) groups excluding carboxylic acids is 1. The third-order valence-electron chi connectivity index (χ3n) is 4.69. The molecule has 1 aromatic rings. The van der Waals surface area contributed by atoms with E-state index >= 15 is 0 Å². The molecule has 0 radical (unpaired) electrons. The van der Waals surface area contributed by atoms with Crippen LogP contribution in [0, 0.1) is 5.92 Å². The molecule has 1 heterocycles. The SMILES string of the molecule is C[S@@](=O)c1cccc(NC(=O)N2CC[C@H]3CCCC[C@@H]32)c1. The number of hydrogen-bond donors (Lipinski definition) is 1. The molecule has 1 saturated carbocycles. The van der Waals surface area contributed by atoms with Crippen molar-refractivity contribution in [3.63, 3.8) is 0 Å². The molecule has 5 heteroatoms. The minimum atomic E-state index is -1.03. The molecule has 2 aliphatic rings. The number of fused-ring (bicyclic) bond motifs is 1. The number of anilines is 1. The highest BCUT2D eigenvalue weighted by atomic mass is 32.2. The van der Waals surface area contributed by atoms with Crippen molar-refractivity contribution in [3.8, 4) is 0 Å². The normalized spacial score (nSPS) is 26.2. The quantitative estimate of drug-likeness (QED) is 0.912. The van der Waals surface area contributed by atoms with Gasteiger partial charge in [0.05, 0.1) is 0 Å². The van der Waals surface area contributed by atoms with E-state index in [1.54, 1.807) is 12.3 Å². The first-order chi connectivity index (χ1) is 10.1. The maximum Gasteiger partial charge on any atom is 0.322 e. The van der Waals surface area contributed by atoms with Crippen molar-refractivity contribution in [3.05, 3.63) is 24.3 Å². The highest BCUT2D eigenvalue weighted by molar-refractivity contribution is 7.84. The van der Waals surface area contributed by atoms with Crippen molar-refractivity contribution in [1.29, 1.82) is 0 Å². The van der Waals surface area contributed by atoms with Crippen LogP contribution >= 0.6 is 0 Å². The van der Waals surface area contributed by atoms with E-state index in [1.165, 1.54) is 19.3 Å². The third-order valence-corrected chi connectivity index (χ3v) is 5.61. The second-order valence-corrected chi connectivity index (χ2v) is 7.39. The highest BCUT2D eigenvalue weighted by Gasteiger charge is 2.38. The molecule has 114 valence electrons. The summed E-state index contributed by atoms with van der Waals surface area (Å²) < 4.78 is 11.5. The molecule has 1 aromatic carbocycles. The Morgan fingerprint density at radius 1 is 1.29 bits per heavy atom. The average Bonchev–Trinajstić information content (AvgIpc) is 2.91. The standard InChI is InChI=1S/C16H22N2O2S/c1-21(20)14-7-4-6-13(11-14)17-16(19)18-10-9-12-5-2-3-8-15(12)18/h4,6-7,11-12,15H,2-3,5,8-10H2,1H3,(H,17,19)/t12-,15+,21-/m1/s1. The predicted molar refractivity (Wildman–Crippen MR) is 84.9 cm³/mol. The average molecular weight is 306 g/mol. The smallest absolute Gasteiger partial charge is 0.321 e. The molecule has 1 aliphatic carbocycles. The maximum absolute atomic E-state index is 12.5. The number of hydrogen-bond acceptors (Lipinski definition) is 2. The van der Waals surface area contributed by atoms with Gasteiger partial charge in [0.15, 0.2) is 0 Å². The lowest BCUT2D eigenvalue weighted by molar-refractivity contribution is 0.182. The fourth-order valence-corrected chi connectivity index (χ4v) is 4.17. The fraction of sp³-hybridized carbons (Fsp3) is 0.562. The molecule has 3 atom stereocenters. The van der Waals surface area contributed by atoms with Gasteiger partial charge in [-0.1, -0.05) is 18.9 Å². The molecule has 2 fully saturated rings. The van der Waals surface area contributed by atoms with Crippen LogP contribution in [0.1, 0.15) is 32.1 Å². The molecule has 0 unspecified atom stereocenters. The fourth-order valence-electron chi connectivity index (χ4n) is 3.61. The lowest BCUT2D eigenvalue weighted by Crippen LogP contribution is -2.41. The number of benzene rings is 1. The summed E-state index contributed by atoms with van der Waals surface area (Å²) in [6.07, 6.45) is 7.72. The maximum atomic E-state index is 12.5. The summed E-state index contributed by atoms with van der Waals surface area (Å²) in [4.78, 5) is 15.2. The van der Waals surface area contributed by atoms with Gasteiger partial charge in [-0.2, -0.15) is 0 Å². The molecule has 0 bridgehead atoms. The third kappa shape index (κ3) is 3.12. The van der Waals surface area contributed by atoms with Crippen LogP contribution < -0.4 is 5.32 Å². The molecular weight excluding hydrogens is 284 g/mol. The summed E-state index contributed by atoms with van der Waals surface area (Å²) in [5.74, 6) is 0.693. The molecule has 0 aromatic heterocycles. The zero-order chi connectivity index (χ0) is 14.8. The van der Waals surface area contributed by atoms with Crippen LogP contribution in [0.25, 0.3) is 0 Å². The number of nitrogens with zero attached hydrogens (tertiary/aromatic N) is 1. The number of rotatable bonds is 2. The summed E-state index contributed by atoms with van der Waals surface area (Å²) in [5, 5.41) is 2.96. The van der Waals surface area contributed by atoms with Crippen LogP contribution in [-0.4, -0.2) is 34.0 Å². The van der Waals surface area contributed by atoms with Crippen molar-refractivity contribution >= 4 is 22.5 Å². The van der Waals surface area contributed by atoms with E-state index in [2.05, 4.69) is 5.32 Å². The summed E-state index contributed by atoms with van der Waals surface area (Å²) in [6.45, 7) is 0.862. The summed E-state index contributed by atoms with van der Waals surface area (Å²) in [7, 11) is -1.03. The van der Waals surface area contributed by atoms with Crippen molar-refractivity contribution < 1.29 is 9.00 Å². The molecule has 1 aliphatic heterocycles. The van der Waals surface area contributed by atoms with Crippen molar-refractivity contribution in [1.82, 2.24) is 4.90 Å². The number of urea groups is 1. The largest absolute Gasteiger partial charge is 0.322 e. The van der Waals surface area contributed by atoms with Gasteiger partial charge in [-0.25, -0.2) is 4.79 Å². The van der Waals surface area contributed by atoms with E-state index in [0.717, 1.165) is 30.0 Å². The van der Waals surface area contributed by atoms with Gasteiger partial charge in [0.25, 0.3) is 0 Å². The Kier molecular flexibility index (Phi) is 4.29. The molecule has 2 amide bonds. The lowest BCUT2D eigenvalue weighted by atomic mass is 9.85. The topological polar surface area (TPSA) is 49.4 Å². The molecule has 0 spiro atoms. The van der Waals surface area contributed by atoms with E-state index in [0.29, 0.717) is 12.0 Å². The minimum Gasteiger partial charge on any atom is -0.321 e. The highest BCUT2D eigenvalue weighted by Crippen LogP contribution is 2.36. The van der Waals surface area contributed by atoms with Gasteiger partial charge in [-0.15, -0.1) is 0 Å². The molecule has 3 rings (SSSR count). The molecule has 1 saturated heterocycles. The van der Waals surface area contributed by atoms with Crippen molar-refractivity contribution in [2.24, 2.45) is 5.92 Å². The Hall–Kier alpha value is -1.36. The first kappa shape index (κ1) is 14.6. The second kappa shape index (κ2) is 6.18. The van der Waals surface area contributed by atoms with Crippen LogP contribution in [-0.2, 0) is 10.8 Å². The molecular formula is C16H22N2O2S. The minimum absolute atomic E-state index is 0.0107. The van der Waals surface area contributed by atoms with Crippen LogP contribution in [0.5, 0.6) is 0 Å². The Morgan fingerprint density at radius 3 is 2.90 bits per heavy atom. The van der Waals surface area contributed by atoms with Crippen LogP contribution in [0.2, 0.25) is 0 Å². The van der Waals surface area contributed by atoms with Gasteiger partial charge in [0.2, 0.25) is 0 Å². The van der Waals surface area contributed by atoms with Gasteiger partial charge >= 0.3 is 6.03 Å². The van der Waals surface area contributed by atoms with E-state index in [1.807, 2.05) is 23.1 Å². The second-order valence-electron chi connectivity index (χ2n) is 6.01. The zero-order valence-electron chi connectivity index (χ0n) is 12.4. The molecule has 21 heavy (non-hydrogen) atoms. The Morgan fingerprint density at radius 2 is 2.10 bits per heavy atom. The number of likely N-dealkylation sites (tertiary alicyclic amines) is 1.